The van der Waals surface area contributed by atoms with Gasteiger partial charge in [-0.05, 0) is 32.0 Å². The van der Waals surface area contributed by atoms with Crippen molar-refractivity contribution in [1.82, 2.24) is 5.32 Å². The van der Waals surface area contributed by atoms with E-state index >= 15 is 0 Å². The lowest BCUT2D eigenvalue weighted by Crippen LogP contribution is -2.43. The number of rotatable bonds is 4. The Balaban J connectivity index is 2.25. The van der Waals surface area contributed by atoms with Crippen molar-refractivity contribution in [1.29, 1.82) is 0 Å². The number of aliphatic hydroxyl groups excluding tert-OH is 1. The molecule has 0 saturated carbocycles. The molecule has 1 aliphatic heterocycles. The molecule has 7 heteroatoms. The molecule has 1 amide bonds. The molecular weight excluding hydrogens is 290 g/mol. The van der Waals surface area contributed by atoms with Gasteiger partial charge in [-0.2, -0.15) is 0 Å². The van der Waals surface area contributed by atoms with Crippen LogP contribution < -0.4 is 10.1 Å². The van der Waals surface area contributed by atoms with Crippen LogP contribution in [-0.2, 0) is 4.79 Å². The van der Waals surface area contributed by atoms with Crippen molar-refractivity contribution in [2.45, 2.75) is 31.9 Å². The maximum absolute atomic E-state index is 12.1. The molecule has 1 unspecified atom stereocenters. The van der Waals surface area contributed by atoms with Crippen LogP contribution in [0.3, 0.4) is 0 Å². The van der Waals surface area contributed by atoms with E-state index in [1.807, 2.05) is 0 Å². The van der Waals surface area contributed by atoms with Crippen molar-refractivity contribution in [2.24, 2.45) is 0 Å². The standard InChI is InChI=1S/C15H17NO6/c1-15(2)6-11(18)9-5-8(3-4-12(9)22-15)13(19)16-10(7-17)14(20)21/h3-5,10,17H,6-7H2,1-2H3,(H,16,19)(H,20,21). The summed E-state index contributed by atoms with van der Waals surface area (Å²) in [5.74, 6) is -1.76. The van der Waals surface area contributed by atoms with E-state index in [0.717, 1.165) is 0 Å². The van der Waals surface area contributed by atoms with Crippen LogP contribution in [0.5, 0.6) is 5.75 Å². The number of ether oxygens (including phenoxy) is 1. The number of fused-ring (bicyclic) bond motifs is 1. The normalized spacial score (nSPS) is 17.1. The molecule has 0 saturated heterocycles. The van der Waals surface area contributed by atoms with Crippen LogP contribution in [0.2, 0.25) is 0 Å². The average molecular weight is 307 g/mol. The molecule has 1 heterocycles. The van der Waals surface area contributed by atoms with Crippen molar-refractivity contribution in [2.75, 3.05) is 6.61 Å². The van der Waals surface area contributed by atoms with E-state index in [1.165, 1.54) is 18.2 Å². The van der Waals surface area contributed by atoms with Gasteiger partial charge in [-0.15, -0.1) is 0 Å². The summed E-state index contributed by atoms with van der Waals surface area (Å²) in [4.78, 5) is 34.9. The van der Waals surface area contributed by atoms with E-state index in [2.05, 4.69) is 5.32 Å². The van der Waals surface area contributed by atoms with Crippen LogP contribution in [0.1, 0.15) is 41.0 Å². The number of carboxylic acids is 1. The summed E-state index contributed by atoms with van der Waals surface area (Å²) in [6, 6.07) is 2.93. The van der Waals surface area contributed by atoms with E-state index in [4.69, 9.17) is 14.9 Å². The molecule has 0 radical (unpaired) electrons. The van der Waals surface area contributed by atoms with Crippen LogP contribution in [0, 0.1) is 0 Å². The molecular formula is C15H17NO6. The van der Waals surface area contributed by atoms with Crippen molar-refractivity contribution in [3.8, 4) is 5.75 Å². The number of ketones is 1. The summed E-state index contributed by atoms with van der Waals surface area (Å²) in [7, 11) is 0. The molecule has 7 nitrogen and oxygen atoms in total. The second-order valence-corrected chi connectivity index (χ2v) is 5.72. The first-order chi connectivity index (χ1) is 10.2. The third-order valence-corrected chi connectivity index (χ3v) is 3.30. The van der Waals surface area contributed by atoms with Crippen molar-refractivity contribution in [3.63, 3.8) is 0 Å². The highest BCUT2D eigenvalue weighted by atomic mass is 16.5. The Kier molecular flexibility index (Phi) is 4.18. The molecule has 3 N–H and O–H groups in total. The smallest absolute Gasteiger partial charge is 0.328 e. The highest BCUT2D eigenvalue weighted by Crippen LogP contribution is 2.33. The van der Waals surface area contributed by atoms with Gasteiger partial charge in [-0.1, -0.05) is 0 Å². The Labute approximate surface area is 126 Å². The fraction of sp³-hybridized carbons (Fsp3) is 0.400. The number of hydrogen-bond donors (Lipinski definition) is 3. The number of carbonyl (C=O) groups is 3. The molecule has 1 aromatic carbocycles. The zero-order valence-corrected chi connectivity index (χ0v) is 12.3. The number of hydrogen-bond acceptors (Lipinski definition) is 5. The van der Waals surface area contributed by atoms with Gasteiger partial charge in [-0.3, -0.25) is 9.59 Å². The van der Waals surface area contributed by atoms with Crippen LogP contribution >= 0.6 is 0 Å². The predicted molar refractivity (Wildman–Crippen MR) is 76.1 cm³/mol. The maximum atomic E-state index is 12.1. The Morgan fingerprint density at radius 3 is 2.68 bits per heavy atom. The number of Topliss-reactive ketones (excluding diaryl/α,β-unsaturated/α-hetero) is 1. The van der Waals surface area contributed by atoms with Crippen LogP contribution in [0.4, 0.5) is 0 Å². The van der Waals surface area contributed by atoms with Crippen molar-refractivity contribution < 1.29 is 29.3 Å². The monoisotopic (exact) mass is 307 g/mol. The van der Waals surface area contributed by atoms with Gasteiger partial charge < -0.3 is 20.3 Å². The van der Waals surface area contributed by atoms with E-state index in [-0.39, 0.29) is 17.8 Å². The zero-order chi connectivity index (χ0) is 16.5. The number of aliphatic hydroxyl groups is 1. The Morgan fingerprint density at radius 1 is 1.41 bits per heavy atom. The van der Waals surface area contributed by atoms with Gasteiger partial charge in [0.25, 0.3) is 5.91 Å². The lowest BCUT2D eigenvalue weighted by atomic mass is 9.92. The molecule has 0 aliphatic carbocycles. The average Bonchev–Trinajstić information content (AvgIpc) is 2.42. The number of amides is 1. The minimum absolute atomic E-state index is 0.134. The third-order valence-electron chi connectivity index (χ3n) is 3.30. The number of carboxylic acid groups (broad SMARTS) is 1. The second kappa shape index (κ2) is 5.76. The van der Waals surface area contributed by atoms with Gasteiger partial charge in [0.15, 0.2) is 11.8 Å². The summed E-state index contributed by atoms with van der Waals surface area (Å²) in [6.07, 6.45) is 0.194. The third kappa shape index (κ3) is 3.25. The van der Waals surface area contributed by atoms with Crippen LogP contribution in [-0.4, -0.2) is 46.1 Å². The van der Waals surface area contributed by atoms with Gasteiger partial charge in [0.2, 0.25) is 0 Å². The summed E-state index contributed by atoms with van der Waals surface area (Å²) >= 11 is 0. The highest BCUT2D eigenvalue weighted by molar-refractivity contribution is 6.04. The first-order valence-corrected chi connectivity index (χ1v) is 6.74. The summed E-state index contributed by atoms with van der Waals surface area (Å²) < 4.78 is 5.68. The first-order valence-electron chi connectivity index (χ1n) is 6.74. The Hall–Kier alpha value is -2.41. The SMILES string of the molecule is CC1(C)CC(=O)c2cc(C(=O)NC(CO)C(=O)O)ccc2O1. The van der Waals surface area contributed by atoms with E-state index in [9.17, 15) is 14.4 Å². The van der Waals surface area contributed by atoms with E-state index in [1.54, 1.807) is 13.8 Å². The minimum atomic E-state index is -1.39. The Morgan fingerprint density at radius 2 is 2.09 bits per heavy atom. The van der Waals surface area contributed by atoms with Crippen molar-refractivity contribution in [3.05, 3.63) is 29.3 Å². The zero-order valence-electron chi connectivity index (χ0n) is 12.3. The fourth-order valence-electron chi connectivity index (χ4n) is 2.22. The van der Waals surface area contributed by atoms with Crippen LogP contribution in [0.25, 0.3) is 0 Å². The van der Waals surface area contributed by atoms with Crippen LogP contribution in [0.15, 0.2) is 18.2 Å². The van der Waals surface area contributed by atoms with Gasteiger partial charge in [0, 0.05) is 5.56 Å². The summed E-state index contributed by atoms with van der Waals surface area (Å²) in [5, 5.41) is 19.9. The maximum Gasteiger partial charge on any atom is 0.328 e. The molecule has 2 rings (SSSR count). The molecule has 118 valence electrons. The predicted octanol–water partition coefficient (Wildman–Crippen LogP) is 0.606. The minimum Gasteiger partial charge on any atom is -0.487 e. The lowest BCUT2D eigenvalue weighted by Gasteiger charge is -2.31. The molecule has 1 atom stereocenters. The summed E-state index contributed by atoms with van der Waals surface area (Å²) in [5.41, 5.74) is -0.169. The molecule has 0 spiro atoms. The van der Waals surface area contributed by atoms with E-state index in [0.29, 0.717) is 11.3 Å². The quantitative estimate of drug-likeness (QED) is 0.751. The number of aliphatic carboxylic acids is 1. The summed E-state index contributed by atoms with van der Waals surface area (Å²) in [6.45, 7) is 2.88. The van der Waals surface area contributed by atoms with Gasteiger partial charge in [-0.25, -0.2) is 4.79 Å². The number of nitrogens with one attached hydrogen (secondary N) is 1. The fourth-order valence-corrected chi connectivity index (χ4v) is 2.22. The van der Waals surface area contributed by atoms with Gasteiger partial charge in [0.1, 0.15) is 11.4 Å². The van der Waals surface area contributed by atoms with Gasteiger partial charge >= 0.3 is 5.97 Å². The molecule has 0 fully saturated rings. The number of carbonyl (C=O) groups excluding carboxylic acids is 2. The molecule has 0 bridgehead atoms. The molecule has 22 heavy (non-hydrogen) atoms. The molecule has 1 aromatic rings. The highest BCUT2D eigenvalue weighted by Gasteiger charge is 2.33. The number of benzene rings is 1. The largest absolute Gasteiger partial charge is 0.487 e. The van der Waals surface area contributed by atoms with Crippen molar-refractivity contribution >= 4 is 17.7 Å². The van der Waals surface area contributed by atoms with Gasteiger partial charge in [0.05, 0.1) is 18.6 Å². The molecule has 0 aromatic heterocycles. The first kappa shape index (κ1) is 16.0. The second-order valence-electron chi connectivity index (χ2n) is 5.72. The molecule has 1 aliphatic rings. The topological polar surface area (TPSA) is 113 Å². The lowest BCUT2D eigenvalue weighted by molar-refractivity contribution is -0.140. The van der Waals surface area contributed by atoms with E-state index < -0.39 is 30.1 Å². The Bertz CT molecular complexity index is 637.